The summed E-state index contributed by atoms with van der Waals surface area (Å²) in [6.45, 7) is 4.12. The Morgan fingerprint density at radius 1 is 0.947 bits per heavy atom. The van der Waals surface area contributed by atoms with E-state index >= 15 is 0 Å². The molecule has 0 spiro atoms. The molecule has 0 unspecified atom stereocenters. The number of hydrogen-bond donors (Lipinski definition) is 1. The standard InChI is InChI=1S/C18H17N/c1-12-9-14(10-13(2)18(12)19)11-16-8-7-15-5-3-4-6-17(15)16/h3-11H,19H2,1-2H3. The molecule has 2 aromatic carbocycles. The van der Waals surface area contributed by atoms with Crippen LogP contribution in [0.3, 0.4) is 0 Å². The first kappa shape index (κ1) is 11.8. The van der Waals surface area contributed by atoms with Gasteiger partial charge in [0, 0.05) is 5.69 Å². The van der Waals surface area contributed by atoms with Crippen LogP contribution in [0, 0.1) is 13.8 Å². The fourth-order valence-corrected chi connectivity index (χ4v) is 2.57. The maximum Gasteiger partial charge on any atom is 0.0373 e. The van der Waals surface area contributed by atoms with Crippen molar-refractivity contribution in [3.05, 3.63) is 70.3 Å². The highest BCUT2D eigenvalue weighted by Crippen LogP contribution is 2.31. The molecule has 19 heavy (non-hydrogen) atoms. The van der Waals surface area contributed by atoms with Crippen LogP contribution in [-0.2, 0) is 0 Å². The smallest absolute Gasteiger partial charge is 0.0373 e. The molecule has 0 radical (unpaired) electrons. The van der Waals surface area contributed by atoms with Gasteiger partial charge in [0.2, 0.25) is 0 Å². The number of anilines is 1. The summed E-state index contributed by atoms with van der Waals surface area (Å²) in [6.07, 6.45) is 6.56. The van der Waals surface area contributed by atoms with E-state index in [0.717, 1.165) is 16.8 Å². The average Bonchev–Trinajstić information content (AvgIpc) is 2.79. The predicted octanol–water partition coefficient (Wildman–Crippen LogP) is 4.45. The number of nitrogen functional groups attached to an aromatic ring is 1. The van der Waals surface area contributed by atoms with Crippen LogP contribution < -0.4 is 5.73 Å². The molecular formula is C18H17N. The van der Waals surface area contributed by atoms with Gasteiger partial charge in [-0.05, 0) is 65.4 Å². The monoisotopic (exact) mass is 247 g/mol. The van der Waals surface area contributed by atoms with E-state index < -0.39 is 0 Å². The highest BCUT2D eigenvalue weighted by atomic mass is 14.6. The number of nitrogens with two attached hydrogens (primary N) is 1. The van der Waals surface area contributed by atoms with E-state index in [1.54, 1.807) is 0 Å². The third-order valence-corrected chi connectivity index (χ3v) is 3.65. The number of fused-ring (bicyclic) bond motifs is 1. The first-order valence-electron chi connectivity index (χ1n) is 6.51. The maximum atomic E-state index is 6.00. The fraction of sp³-hybridized carbons (Fsp3) is 0.111. The van der Waals surface area contributed by atoms with Crippen molar-refractivity contribution in [1.82, 2.24) is 0 Å². The predicted molar refractivity (Wildman–Crippen MR) is 83.7 cm³/mol. The minimum Gasteiger partial charge on any atom is -0.398 e. The number of benzene rings is 2. The lowest BCUT2D eigenvalue weighted by Crippen LogP contribution is -1.94. The first-order chi connectivity index (χ1) is 9.15. The van der Waals surface area contributed by atoms with Gasteiger partial charge < -0.3 is 5.73 Å². The minimum absolute atomic E-state index is 0.893. The molecule has 0 saturated carbocycles. The lowest BCUT2D eigenvalue weighted by atomic mass is 10.0. The summed E-state index contributed by atoms with van der Waals surface area (Å²) in [7, 11) is 0. The normalized spacial score (nSPS) is 14.9. The number of rotatable bonds is 1. The highest BCUT2D eigenvalue weighted by molar-refractivity contribution is 5.97. The SMILES string of the molecule is Cc1cc(C=C2C=Cc3ccccc32)cc(C)c1N. The molecule has 0 fully saturated rings. The molecule has 0 saturated heterocycles. The second-order valence-electron chi connectivity index (χ2n) is 5.09. The second kappa shape index (κ2) is 4.43. The molecule has 0 amide bonds. The zero-order valence-corrected chi connectivity index (χ0v) is 11.3. The Kier molecular flexibility index (Phi) is 2.75. The fourth-order valence-electron chi connectivity index (χ4n) is 2.57. The molecule has 1 nitrogen and oxygen atoms in total. The van der Waals surface area contributed by atoms with Crippen molar-refractivity contribution >= 4 is 23.4 Å². The Morgan fingerprint density at radius 2 is 1.63 bits per heavy atom. The summed E-state index contributed by atoms with van der Waals surface area (Å²) in [5.41, 5.74) is 14.2. The van der Waals surface area contributed by atoms with Crippen molar-refractivity contribution in [2.75, 3.05) is 5.73 Å². The molecule has 1 aliphatic carbocycles. The van der Waals surface area contributed by atoms with Gasteiger partial charge in [0.15, 0.2) is 0 Å². The summed E-state index contributed by atoms with van der Waals surface area (Å²) < 4.78 is 0. The Bertz CT molecular complexity index is 682. The molecule has 0 atom stereocenters. The van der Waals surface area contributed by atoms with Crippen LogP contribution in [0.1, 0.15) is 27.8 Å². The molecule has 1 aliphatic rings. The van der Waals surface area contributed by atoms with Gasteiger partial charge in [-0.3, -0.25) is 0 Å². The topological polar surface area (TPSA) is 26.0 Å². The van der Waals surface area contributed by atoms with Crippen molar-refractivity contribution in [1.29, 1.82) is 0 Å². The van der Waals surface area contributed by atoms with Gasteiger partial charge in [-0.25, -0.2) is 0 Å². The van der Waals surface area contributed by atoms with Crippen molar-refractivity contribution in [2.45, 2.75) is 13.8 Å². The summed E-state index contributed by atoms with van der Waals surface area (Å²) in [5.74, 6) is 0. The van der Waals surface area contributed by atoms with Crippen LogP contribution in [0.25, 0.3) is 17.7 Å². The molecule has 94 valence electrons. The van der Waals surface area contributed by atoms with Crippen molar-refractivity contribution in [3.8, 4) is 0 Å². The van der Waals surface area contributed by atoms with E-state index in [0.29, 0.717) is 0 Å². The number of aryl methyl sites for hydroxylation is 2. The van der Waals surface area contributed by atoms with E-state index in [-0.39, 0.29) is 0 Å². The van der Waals surface area contributed by atoms with Crippen molar-refractivity contribution in [2.24, 2.45) is 0 Å². The highest BCUT2D eigenvalue weighted by Gasteiger charge is 2.09. The molecule has 2 aromatic rings. The Hall–Kier alpha value is -2.28. The minimum atomic E-state index is 0.893. The molecule has 2 N–H and O–H groups in total. The van der Waals surface area contributed by atoms with Crippen molar-refractivity contribution < 1.29 is 0 Å². The average molecular weight is 247 g/mol. The summed E-state index contributed by atoms with van der Waals surface area (Å²) in [6, 6.07) is 12.8. The van der Waals surface area contributed by atoms with Crippen LogP contribution in [0.5, 0.6) is 0 Å². The quantitative estimate of drug-likeness (QED) is 0.740. The van der Waals surface area contributed by atoms with E-state index in [1.165, 1.54) is 22.3 Å². The zero-order valence-electron chi connectivity index (χ0n) is 11.3. The van der Waals surface area contributed by atoms with Gasteiger partial charge in [-0.2, -0.15) is 0 Å². The lowest BCUT2D eigenvalue weighted by Gasteiger charge is -2.07. The zero-order chi connectivity index (χ0) is 13.4. The van der Waals surface area contributed by atoms with Gasteiger partial charge in [0.05, 0.1) is 0 Å². The molecular weight excluding hydrogens is 230 g/mol. The van der Waals surface area contributed by atoms with Crippen LogP contribution in [-0.4, -0.2) is 0 Å². The lowest BCUT2D eigenvalue weighted by molar-refractivity contribution is 1.38. The third-order valence-electron chi connectivity index (χ3n) is 3.65. The Balaban J connectivity index is 2.07. The largest absolute Gasteiger partial charge is 0.398 e. The molecule has 1 heteroatoms. The van der Waals surface area contributed by atoms with Crippen molar-refractivity contribution in [3.63, 3.8) is 0 Å². The van der Waals surface area contributed by atoms with E-state index in [2.05, 4.69) is 68.5 Å². The molecule has 3 rings (SSSR count). The van der Waals surface area contributed by atoms with Gasteiger partial charge in [0.1, 0.15) is 0 Å². The number of hydrogen-bond acceptors (Lipinski definition) is 1. The summed E-state index contributed by atoms with van der Waals surface area (Å²) in [5, 5.41) is 0. The van der Waals surface area contributed by atoms with E-state index in [1.807, 2.05) is 0 Å². The third kappa shape index (κ3) is 2.08. The van der Waals surface area contributed by atoms with Crippen LogP contribution >= 0.6 is 0 Å². The van der Waals surface area contributed by atoms with E-state index in [4.69, 9.17) is 5.73 Å². The van der Waals surface area contributed by atoms with Gasteiger partial charge in [-0.1, -0.05) is 36.4 Å². The molecule has 0 heterocycles. The molecule has 0 aliphatic heterocycles. The van der Waals surface area contributed by atoms with Crippen LogP contribution in [0.15, 0.2) is 42.5 Å². The van der Waals surface area contributed by atoms with Gasteiger partial charge in [0.25, 0.3) is 0 Å². The second-order valence-corrected chi connectivity index (χ2v) is 5.09. The Morgan fingerprint density at radius 3 is 2.37 bits per heavy atom. The van der Waals surface area contributed by atoms with E-state index in [9.17, 15) is 0 Å². The molecule has 0 bridgehead atoms. The first-order valence-corrected chi connectivity index (χ1v) is 6.51. The number of allylic oxidation sites excluding steroid dienone is 2. The van der Waals surface area contributed by atoms with Crippen LogP contribution in [0.2, 0.25) is 0 Å². The maximum absolute atomic E-state index is 6.00. The summed E-state index contributed by atoms with van der Waals surface area (Å²) in [4.78, 5) is 0. The Labute approximate surface area is 114 Å². The van der Waals surface area contributed by atoms with Gasteiger partial charge >= 0.3 is 0 Å². The van der Waals surface area contributed by atoms with Crippen LogP contribution in [0.4, 0.5) is 5.69 Å². The molecule has 0 aromatic heterocycles. The van der Waals surface area contributed by atoms with Gasteiger partial charge in [-0.15, -0.1) is 0 Å². The summed E-state index contributed by atoms with van der Waals surface area (Å²) >= 11 is 0.